The highest BCUT2D eigenvalue weighted by Crippen LogP contribution is 2.42. The first kappa shape index (κ1) is 18.5. The lowest BCUT2D eigenvalue weighted by atomic mass is 9.81. The molecule has 27 heavy (non-hydrogen) atoms. The zero-order valence-corrected chi connectivity index (χ0v) is 16.3. The van der Waals surface area contributed by atoms with Gasteiger partial charge in [0, 0.05) is 18.5 Å². The number of hydrogen-bond donors (Lipinski definition) is 1. The summed E-state index contributed by atoms with van der Waals surface area (Å²) in [7, 11) is -3.57. The predicted octanol–water partition coefficient (Wildman–Crippen LogP) is 4.20. The number of hydrogen-bond acceptors (Lipinski definition) is 4. The van der Waals surface area contributed by atoms with E-state index in [0.717, 1.165) is 31.2 Å². The third kappa shape index (κ3) is 4.03. The summed E-state index contributed by atoms with van der Waals surface area (Å²) in [6.45, 7) is 3.32. The summed E-state index contributed by atoms with van der Waals surface area (Å²) in [5.41, 5.74) is 2.84. The largest absolute Gasteiger partial charge is 0.348 e. The van der Waals surface area contributed by atoms with Crippen LogP contribution in [0.15, 0.2) is 53.4 Å². The quantitative estimate of drug-likeness (QED) is 0.854. The minimum Gasteiger partial charge on any atom is -0.348 e. The fourth-order valence-electron chi connectivity index (χ4n) is 3.93. The van der Waals surface area contributed by atoms with E-state index in [4.69, 9.17) is 9.47 Å². The molecule has 4 rings (SSSR count). The summed E-state index contributed by atoms with van der Waals surface area (Å²) in [6, 6.07) is 14.6. The van der Waals surface area contributed by atoms with Gasteiger partial charge in [0.1, 0.15) is 0 Å². The third-order valence-electron chi connectivity index (χ3n) is 5.53. The van der Waals surface area contributed by atoms with Crippen LogP contribution in [0.1, 0.15) is 42.7 Å². The Labute approximate surface area is 160 Å². The van der Waals surface area contributed by atoms with Gasteiger partial charge in [0.15, 0.2) is 5.79 Å². The fourth-order valence-corrected chi connectivity index (χ4v) is 4.99. The zero-order chi connectivity index (χ0) is 18.9. The molecule has 0 radical (unpaired) electrons. The molecule has 2 aliphatic rings. The van der Waals surface area contributed by atoms with Gasteiger partial charge in [-0.3, -0.25) is 4.72 Å². The Bertz CT molecular complexity index is 875. The van der Waals surface area contributed by atoms with E-state index < -0.39 is 10.0 Å². The van der Waals surface area contributed by atoms with Crippen molar-refractivity contribution in [3.05, 3.63) is 59.7 Å². The fraction of sp³-hybridized carbons (Fsp3) is 0.429. The van der Waals surface area contributed by atoms with Crippen LogP contribution in [-0.2, 0) is 19.5 Å². The Balaban J connectivity index is 1.41. The number of nitrogens with one attached hydrogen (secondary N) is 1. The molecule has 0 aromatic heterocycles. The van der Waals surface area contributed by atoms with Crippen molar-refractivity contribution in [2.45, 2.75) is 49.2 Å². The average Bonchev–Trinajstić information content (AvgIpc) is 3.11. The number of ether oxygens (including phenoxy) is 2. The van der Waals surface area contributed by atoms with Crippen LogP contribution in [0.25, 0.3) is 0 Å². The highest BCUT2D eigenvalue weighted by atomic mass is 32.2. The molecular weight excluding hydrogens is 362 g/mol. The summed E-state index contributed by atoms with van der Waals surface area (Å²) in [5.74, 6) is 0.117. The first-order chi connectivity index (χ1) is 13.0. The molecule has 2 fully saturated rings. The van der Waals surface area contributed by atoms with Crippen LogP contribution in [-0.4, -0.2) is 27.4 Å². The molecule has 0 amide bonds. The van der Waals surface area contributed by atoms with Crippen molar-refractivity contribution in [1.29, 1.82) is 0 Å². The molecule has 144 valence electrons. The van der Waals surface area contributed by atoms with Crippen LogP contribution in [0.2, 0.25) is 0 Å². The van der Waals surface area contributed by atoms with Gasteiger partial charge < -0.3 is 9.47 Å². The summed E-state index contributed by atoms with van der Waals surface area (Å²) < 4.78 is 39.2. The van der Waals surface area contributed by atoms with E-state index in [2.05, 4.69) is 4.72 Å². The van der Waals surface area contributed by atoms with Gasteiger partial charge in [-0.1, -0.05) is 29.8 Å². The molecule has 2 aromatic rings. The van der Waals surface area contributed by atoms with Gasteiger partial charge in [-0.15, -0.1) is 0 Å². The molecule has 5 nitrogen and oxygen atoms in total. The second-order valence-electron chi connectivity index (χ2n) is 7.42. The average molecular weight is 388 g/mol. The van der Waals surface area contributed by atoms with Crippen molar-refractivity contribution in [2.24, 2.45) is 0 Å². The lowest BCUT2D eigenvalue weighted by Crippen LogP contribution is -2.34. The minimum absolute atomic E-state index is 0.270. The van der Waals surface area contributed by atoms with Crippen molar-refractivity contribution in [3.63, 3.8) is 0 Å². The first-order valence-corrected chi connectivity index (χ1v) is 10.9. The Kier molecular flexibility index (Phi) is 4.97. The normalized spacial score (nSPS) is 20.0. The van der Waals surface area contributed by atoms with Crippen molar-refractivity contribution < 1.29 is 17.9 Å². The topological polar surface area (TPSA) is 64.6 Å². The van der Waals surface area contributed by atoms with Crippen molar-refractivity contribution in [2.75, 3.05) is 17.9 Å². The van der Waals surface area contributed by atoms with E-state index in [-0.39, 0.29) is 10.7 Å². The zero-order valence-electron chi connectivity index (χ0n) is 15.5. The predicted molar refractivity (Wildman–Crippen MR) is 104 cm³/mol. The van der Waals surface area contributed by atoms with Crippen molar-refractivity contribution in [1.82, 2.24) is 0 Å². The summed E-state index contributed by atoms with van der Waals surface area (Å²) in [5, 5.41) is 0. The number of anilines is 1. The Hall–Kier alpha value is -1.89. The van der Waals surface area contributed by atoms with Crippen LogP contribution >= 0.6 is 0 Å². The maximum Gasteiger partial charge on any atom is 0.261 e. The molecule has 1 saturated heterocycles. The van der Waals surface area contributed by atoms with E-state index >= 15 is 0 Å². The summed E-state index contributed by atoms with van der Waals surface area (Å²) in [6.07, 6.45) is 3.88. The summed E-state index contributed by atoms with van der Waals surface area (Å²) >= 11 is 0. The van der Waals surface area contributed by atoms with Crippen LogP contribution in [0, 0.1) is 6.92 Å². The van der Waals surface area contributed by atoms with Gasteiger partial charge in [-0.25, -0.2) is 8.42 Å². The Morgan fingerprint density at radius 2 is 1.52 bits per heavy atom. The molecule has 6 heteroatoms. The van der Waals surface area contributed by atoms with Gasteiger partial charge in [-0.05, 0) is 55.5 Å². The lowest BCUT2D eigenvalue weighted by Gasteiger charge is -2.35. The number of sulfonamides is 1. The second-order valence-corrected chi connectivity index (χ2v) is 9.10. The van der Waals surface area contributed by atoms with Crippen LogP contribution < -0.4 is 4.72 Å². The van der Waals surface area contributed by atoms with E-state index in [1.165, 1.54) is 5.56 Å². The SMILES string of the molecule is Cc1ccc(S(=O)(=O)Nc2ccc(C3CCC4(CC3)OCCO4)cc2)cc1. The van der Waals surface area contributed by atoms with Gasteiger partial charge in [0.05, 0.1) is 18.1 Å². The van der Waals surface area contributed by atoms with Crippen LogP contribution in [0.5, 0.6) is 0 Å². The lowest BCUT2D eigenvalue weighted by molar-refractivity contribution is -0.178. The Morgan fingerprint density at radius 1 is 0.926 bits per heavy atom. The monoisotopic (exact) mass is 387 g/mol. The molecule has 1 spiro atoms. The molecule has 1 aliphatic carbocycles. The summed E-state index contributed by atoms with van der Waals surface area (Å²) in [4.78, 5) is 0.270. The molecule has 0 atom stereocenters. The minimum atomic E-state index is -3.57. The van der Waals surface area contributed by atoms with Crippen LogP contribution in [0.4, 0.5) is 5.69 Å². The maximum atomic E-state index is 12.5. The van der Waals surface area contributed by atoms with E-state index in [9.17, 15) is 8.42 Å². The standard InChI is InChI=1S/C21H25NO4S/c1-16-2-8-20(9-3-16)27(23,24)22-19-6-4-17(5-7-19)18-10-12-21(13-11-18)25-14-15-26-21/h2-9,18,22H,10-15H2,1H3. The highest BCUT2D eigenvalue weighted by Gasteiger charge is 2.40. The molecule has 1 aliphatic heterocycles. The number of aryl methyl sites for hydroxylation is 1. The van der Waals surface area contributed by atoms with Crippen molar-refractivity contribution in [3.8, 4) is 0 Å². The van der Waals surface area contributed by atoms with Crippen molar-refractivity contribution >= 4 is 15.7 Å². The van der Waals surface area contributed by atoms with E-state index in [1.807, 2.05) is 31.2 Å². The van der Waals surface area contributed by atoms with E-state index in [1.54, 1.807) is 24.3 Å². The van der Waals surface area contributed by atoms with Gasteiger partial charge in [0.2, 0.25) is 0 Å². The second kappa shape index (κ2) is 7.26. The molecule has 1 heterocycles. The Morgan fingerprint density at radius 3 is 2.11 bits per heavy atom. The van der Waals surface area contributed by atoms with Gasteiger partial charge >= 0.3 is 0 Å². The molecule has 1 N–H and O–H groups in total. The molecule has 0 unspecified atom stereocenters. The molecule has 0 bridgehead atoms. The number of rotatable bonds is 4. The molecular formula is C21H25NO4S. The van der Waals surface area contributed by atoms with Gasteiger partial charge in [0.25, 0.3) is 10.0 Å². The first-order valence-electron chi connectivity index (χ1n) is 9.43. The van der Waals surface area contributed by atoms with Gasteiger partial charge in [-0.2, -0.15) is 0 Å². The molecule has 2 aromatic carbocycles. The maximum absolute atomic E-state index is 12.5. The van der Waals surface area contributed by atoms with E-state index in [0.29, 0.717) is 24.8 Å². The number of benzene rings is 2. The van der Waals surface area contributed by atoms with Crippen LogP contribution in [0.3, 0.4) is 0 Å². The third-order valence-corrected chi connectivity index (χ3v) is 6.92. The molecule has 1 saturated carbocycles. The smallest absolute Gasteiger partial charge is 0.261 e. The highest BCUT2D eigenvalue weighted by molar-refractivity contribution is 7.92.